The molecule has 0 spiro atoms. The first-order valence-corrected chi connectivity index (χ1v) is 2.85. The minimum Gasteiger partial charge on any atom is -0.504 e. The van der Waals surface area contributed by atoms with E-state index in [0.717, 1.165) is 0 Å². The molecule has 0 atom stereocenters. The van der Waals surface area contributed by atoms with Crippen molar-refractivity contribution in [1.29, 1.82) is 0 Å². The fourth-order valence-electron chi connectivity index (χ4n) is 0.340. The Kier molecular flexibility index (Phi) is 4.88. The molecule has 0 fully saturated rings. The van der Waals surface area contributed by atoms with Gasteiger partial charge >= 0.3 is 0 Å². The summed E-state index contributed by atoms with van der Waals surface area (Å²) in [6.07, 6.45) is 4.77. The SMILES string of the molecule is CC/C(F)=C\C=C/OC. The molecule has 0 aromatic heterocycles. The second kappa shape index (κ2) is 5.35. The van der Waals surface area contributed by atoms with Gasteiger partial charge in [0.25, 0.3) is 0 Å². The van der Waals surface area contributed by atoms with Crippen LogP contribution >= 0.6 is 0 Å². The summed E-state index contributed by atoms with van der Waals surface area (Å²) in [5.74, 6) is -0.136. The zero-order valence-corrected chi connectivity index (χ0v) is 5.73. The van der Waals surface area contributed by atoms with Gasteiger partial charge in [0.2, 0.25) is 0 Å². The molecular formula is C7H11FO. The fraction of sp³-hybridized carbons (Fsp3) is 0.429. The molecule has 0 unspecified atom stereocenters. The summed E-state index contributed by atoms with van der Waals surface area (Å²) in [6.45, 7) is 1.76. The molecule has 0 heterocycles. The van der Waals surface area contributed by atoms with E-state index in [2.05, 4.69) is 4.74 Å². The van der Waals surface area contributed by atoms with Crippen LogP contribution in [-0.2, 0) is 4.74 Å². The van der Waals surface area contributed by atoms with Crippen LogP contribution in [-0.4, -0.2) is 7.11 Å². The summed E-state index contributed by atoms with van der Waals surface area (Å²) in [7, 11) is 1.52. The van der Waals surface area contributed by atoms with Crippen molar-refractivity contribution < 1.29 is 9.13 Å². The van der Waals surface area contributed by atoms with E-state index in [1.165, 1.54) is 25.5 Å². The number of allylic oxidation sites excluding steroid dienone is 3. The van der Waals surface area contributed by atoms with Crippen molar-refractivity contribution in [2.45, 2.75) is 13.3 Å². The predicted molar refractivity (Wildman–Crippen MR) is 35.6 cm³/mol. The summed E-state index contributed by atoms with van der Waals surface area (Å²) < 4.78 is 16.8. The van der Waals surface area contributed by atoms with E-state index >= 15 is 0 Å². The first-order chi connectivity index (χ1) is 4.31. The molecule has 2 heteroatoms. The predicted octanol–water partition coefficient (Wildman–Crippen LogP) is 2.41. The molecule has 0 saturated heterocycles. The van der Waals surface area contributed by atoms with Gasteiger partial charge in [0.15, 0.2) is 0 Å². The molecule has 0 aromatic rings. The van der Waals surface area contributed by atoms with E-state index < -0.39 is 0 Å². The van der Waals surface area contributed by atoms with E-state index in [-0.39, 0.29) is 5.83 Å². The van der Waals surface area contributed by atoms with Crippen LogP contribution < -0.4 is 0 Å². The van der Waals surface area contributed by atoms with Gasteiger partial charge in [-0.15, -0.1) is 0 Å². The second-order valence-electron chi connectivity index (χ2n) is 1.53. The van der Waals surface area contributed by atoms with Gasteiger partial charge in [-0.25, -0.2) is 4.39 Å². The van der Waals surface area contributed by atoms with E-state index in [9.17, 15) is 4.39 Å². The van der Waals surface area contributed by atoms with Crippen LogP contribution in [0.5, 0.6) is 0 Å². The van der Waals surface area contributed by atoms with Crippen molar-refractivity contribution in [2.24, 2.45) is 0 Å². The van der Waals surface area contributed by atoms with Crippen molar-refractivity contribution in [1.82, 2.24) is 0 Å². The van der Waals surface area contributed by atoms with Crippen LogP contribution in [0.15, 0.2) is 24.2 Å². The van der Waals surface area contributed by atoms with E-state index in [1.807, 2.05) is 0 Å². The summed E-state index contributed by atoms with van der Waals surface area (Å²) in [5.41, 5.74) is 0. The van der Waals surface area contributed by atoms with Gasteiger partial charge in [0.05, 0.1) is 19.2 Å². The Morgan fingerprint density at radius 2 is 2.33 bits per heavy atom. The Bertz CT molecular complexity index is 116. The molecule has 0 amide bonds. The highest BCUT2D eigenvalue weighted by Gasteiger charge is 1.82. The lowest BCUT2D eigenvalue weighted by molar-refractivity contribution is 0.338. The van der Waals surface area contributed by atoms with Gasteiger partial charge in [-0.05, 0) is 18.6 Å². The third kappa shape index (κ3) is 5.07. The Balaban J connectivity index is 3.55. The molecule has 0 saturated carbocycles. The number of rotatable bonds is 3. The average molecular weight is 130 g/mol. The first-order valence-electron chi connectivity index (χ1n) is 2.85. The van der Waals surface area contributed by atoms with Gasteiger partial charge in [-0.1, -0.05) is 6.92 Å². The fourth-order valence-corrected chi connectivity index (χ4v) is 0.340. The third-order valence-corrected chi connectivity index (χ3v) is 0.829. The van der Waals surface area contributed by atoms with Gasteiger partial charge in [-0.2, -0.15) is 0 Å². The maximum atomic E-state index is 12.2. The molecule has 0 N–H and O–H groups in total. The quantitative estimate of drug-likeness (QED) is 0.421. The van der Waals surface area contributed by atoms with Crippen molar-refractivity contribution in [2.75, 3.05) is 7.11 Å². The minimum absolute atomic E-state index is 0.136. The standard InChI is InChI=1S/C7H11FO/c1-3-7(8)5-4-6-9-2/h4-6H,3H2,1-2H3/b6-4-,7-5+. The molecular weight excluding hydrogens is 119 g/mol. The lowest BCUT2D eigenvalue weighted by atomic mass is 10.4. The van der Waals surface area contributed by atoms with E-state index in [1.54, 1.807) is 6.92 Å². The molecule has 0 aromatic carbocycles. The molecule has 1 nitrogen and oxygen atoms in total. The zero-order chi connectivity index (χ0) is 7.11. The lowest BCUT2D eigenvalue weighted by Crippen LogP contribution is -1.66. The van der Waals surface area contributed by atoms with Crippen LogP contribution in [0.2, 0.25) is 0 Å². The number of halogens is 1. The smallest absolute Gasteiger partial charge is 0.0997 e. The maximum Gasteiger partial charge on any atom is 0.0997 e. The summed E-state index contributed by atoms with van der Waals surface area (Å²) in [4.78, 5) is 0. The van der Waals surface area contributed by atoms with Crippen LogP contribution in [0.4, 0.5) is 4.39 Å². The summed E-state index contributed by atoms with van der Waals surface area (Å²) >= 11 is 0. The minimum atomic E-state index is -0.136. The molecule has 0 radical (unpaired) electrons. The first kappa shape index (κ1) is 8.21. The number of ether oxygens (including phenoxy) is 1. The molecule has 52 valence electrons. The van der Waals surface area contributed by atoms with Crippen molar-refractivity contribution >= 4 is 0 Å². The Morgan fingerprint density at radius 1 is 1.67 bits per heavy atom. The topological polar surface area (TPSA) is 9.23 Å². The molecule has 0 bridgehead atoms. The number of hydrogen-bond donors (Lipinski definition) is 0. The highest BCUT2D eigenvalue weighted by molar-refractivity contribution is 5.04. The van der Waals surface area contributed by atoms with E-state index in [4.69, 9.17) is 0 Å². The van der Waals surface area contributed by atoms with Gasteiger partial charge in [0.1, 0.15) is 0 Å². The molecule has 0 aliphatic heterocycles. The lowest BCUT2D eigenvalue weighted by Gasteiger charge is -1.84. The van der Waals surface area contributed by atoms with Gasteiger partial charge < -0.3 is 4.74 Å². The highest BCUT2D eigenvalue weighted by Crippen LogP contribution is 2.00. The third-order valence-electron chi connectivity index (χ3n) is 0.829. The Hall–Kier alpha value is -0.790. The van der Waals surface area contributed by atoms with Crippen LogP contribution in [0.25, 0.3) is 0 Å². The summed E-state index contributed by atoms with van der Waals surface area (Å²) in [6, 6.07) is 0. The highest BCUT2D eigenvalue weighted by atomic mass is 19.1. The summed E-state index contributed by atoms with van der Waals surface area (Å²) in [5, 5.41) is 0. The monoisotopic (exact) mass is 130 g/mol. The van der Waals surface area contributed by atoms with Gasteiger partial charge in [0, 0.05) is 0 Å². The van der Waals surface area contributed by atoms with Crippen molar-refractivity contribution in [3.05, 3.63) is 24.2 Å². The maximum absolute atomic E-state index is 12.2. The average Bonchev–Trinajstić information content (AvgIpc) is 1.89. The molecule has 0 aliphatic rings. The molecule has 0 aliphatic carbocycles. The van der Waals surface area contributed by atoms with Crippen molar-refractivity contribution in [3.8, 4) is 0 Å². The Morgan fingerprint density at radius 3 is 2.78 bits per heavy atom. The zero-order valence-electron chi connectivity index (χ0n) is 5.73. The van der Waals surface area contributed by atoms with Gasteiger partial charge in [-0.3, -0.25) is 0 Å². The largest absolute Gasteiger partial charge is 0.504 e. The Labute approximate surface area is 54.8 Å². The normalized spacial score (nSPS) is 12.6. The van der Waals surface area contributed by atoms with Crippen LogP contribution in [0, 0.1) is 0 Å². The number of hydrogen-bond acceptors (Lipinski definition) is 1. The number of methoxy groups -OCH3 is 1. The van der Waals surface area contributed by atoms with Crippen LogP contribution in [0.1, 0.15) is 13.3 Å². The van der Waals surface area contributed by atoms with Crippen molar-refractivity contribution in [3.63, 3.8) is 0 Å². The van der Waals surface area contributed by atoms with Crippen LogP contribution in [0.3, 0.4) is 0 Å². The molecule has 0 rings (SSSR count). The van der Waals surface area contributed by atoms with E-state index in [0.29, 0.717) is 6.42 Å². The second-order valence-corrected chi connectivity index (χ2v) is 1.53. The molecule has 9 heavy (non-hydrogen) atoms.